The summed E-state index contributed by atoms with van der Waals surface area (Å²) in [4.78, 5) is 42.4. The highest BCUT2D eigenvalue weighted by Crippen LogP contribution is 2.38. The van der Waals surface area contributed by atoms with Crippen LogP contribution in [-0.2, 0) is 24.4 Å². The second-order valence-electron chi connectivity index (χ2n) is 7.59. The molecule has 31 heavy (non-hydrogen) atoms. The van der Waals surface area contributed by atoms with Gasteiger partial charge in [0, 0.05) is 30.2 Å². The Bertz CT molecular complexity index is 1060. The van der Waals surface area contributed by atoms with E-state index in [-0.39, 0.29) is 52.5 Å². The Kier molecular flexibility index (Phi) is 6.05. The Labute approximate surface area is 183 Å². The number of amides is 3. The number of carbonyl (C=O) groups is 3. The molecule has 164 valence electrons. The number of nitrogens with one attached hydrogen (secondary N) is 2. The van der Waals surface area contributed by atoms with E-state index in [4.69, 9.17) is 0 Å². The monoisotopic (exact) mass is 462 g/mol. The van der Waals surface area contributed by atoms with E-state index in [1.807, 2.05) is 0 Å². The second-order valence-corrected chi connectivity index (χ2v) is 10.2. The molecule has 1 saturated heterocycles. The van der Waals surface area contributed by atoms with Crippen molar-refractivity contribution in [2.24, 2.45) is 11.8 Å². The number of benzene rings is 1. The lowest BCUT2D eigenvalue weighted by molar-refractivity contribution is -0.140. The number of likely N-dealkylation sites (tertiary alicyclic amines) is 1. The Balaban J connectivity index is 1.32. The number of aromatic nitrogens is 1. The maximum atomic E-state index is 12.5. The molecule has 2 atom stereocenters. The molecule has 2 fully saturated rings. The fourth-order valence-corrected chi connectivity index (χ4v) is 5.84. The Morgan fingerprint density at radius 3 is 2.32 bits per heavy atom. The van der Waals surface area contributed by atoms with Gasteiger partial charge < -0.3 is 5.32 Å². The molecule has 1 saturated carbocycles. The van der Waals surface area contributed by atoms with Crippen LogP contribution in [0.2, 0.25) is 0 Å². The van der Waals surface area contributed by atoms with Gasteiger partial charge in [-0.05, 0) is 37.1 Å². The van der Waals surface area contributed by atoms with Crippen molar-refractivity contribution < 1.29 is 22.8 Å². The van der Waals surface area contributed by atoms with E-state index in [2.05, 4.69) is 15.0 Å². The average molecular weight is 463 g/mol. The predicted molar refractivity (Wildman–Crippen MR) is 115 cm³/mol. The number of carbonyl (C=O) groups excluding carboxylic acids is 3. The summed E-state index contributed by atoms with van der Waals surface area (Å²) in [5.41, 5.74) is 0.422. The number of sulfonamides is 1. The number of nitrogens with zero attached hydrogens (tertiary/aromatic N) is 2. The third kappa shape index (κ3) is 4.62. The highest BCUT2D eigenvalue weighted by molar-refractivity contribution is 7.93. The lowest BCUT2D eigenvalue weighted by Gasteiger charge is -2.19. The molecule has 1 aromatic carbocycles. The van der Waals surface area contributed by atoms with Crippen LogP contribution in [0.1, 0.15) is 32.1 Å². The highest BCUT2D eigenvalue weighted by Gasteiger charge is 2.47. The maximum Gasteiger partial charge on any atom is 0.263 e. The molecule has 0 bridgehead atoms. The van der Waals surface area contributed by atoms with Crippen molar-refractivity contribution in [1.82, 2.24) is 9.88 Å². The number of fused-ring (bicyclic) bond motifs is 1. The Hall–Kier alpha value is -2.79. The van der Waals surface area contributed by atoms with E-state index in [0.29, 0.717) is 5.69 Å². The summed E-state index contributed by atoms with van der Waals surface area (Å²) >= 11 is 1.17. The summed E-state index contributed by atoms with van der Waals surface area (Å²) in [6, 6.07) is 5.72. The number of imide groups is 1. The van der Waals surface area contributed by atoms with Gasteiger partial charge in [-0.2, -0.15) is 0 Å². The van der Waals surface area contributed by atoms with Crippen molar-refractivity contribution in [2.45, 2.75) is 37.0 Å². The summed E-state index contributed by atoms with van der Waals surface area (Å²) in [5.74, 6) is -1.13. The summed E-state index contributed by atoms with van der Waals surface area (Å²) in [5, 5.41) is 4.60. The van der Waals surface area contributed by atoms with Gasteiger partial charge in [-0.15, -0.1) is 11.3 Å². The van der Waals surface area contributed by atoms with E-state index >= 15 is 0 Å². The predicted octanol–water partition coefficient (Wildman–Crippen LogP) is 2.45. The normalized spacial score (nSPS) is 21.1. The van der Waals surface area contributed by atoms with E-state index in [1.165, 1.54) is 46.7 Å². The van der Waals surface area contributed by atoms with Crippen molar-refractivity contribution in [3.05, 3.63) is 35.8 Å². The van der Waals surface area contributed by atoms with Gasteiger partial charge in [0.25, 0.3) is 10.0 Å². The van der Waals surface area contributed by atoms with Crippen LogP contribution in [0.3, 0.4) is 0 Å². The molecule has 11 heteroatoms. The fraction of sp³-hybridized carbons (Fsp3) is 0.400. The molecular weight excluding hydrogens is 440 g/mol. The third-order valence-electron chi connectivity index (χ3n) is 5.60. The smallest absolute Gasteiger partial charge is 0.263 e. The molecule has 1 aliphatic heterocycles. The molecule has 3 amide bonds. The van der Waals surface area contributed by atoms with Gasteiger partial charge in [-0.3, -0.25) is 24.0 Å². The number of thiazole rings is 1. The first-order valence-electron chi connectivity index (χ1n) is 10.0. The van der Waals surface area contributed by atoms with Crippen LogP contribution in [0, 0.1) is 11.8 Å². The van der Waals surface area contributed by atoms with E-state index in [1.54, 1.807) is 5.38 Å². The van der Waals surface area contributed by atoms with Crippen molar-refractivity contribution in [3.63, 3.8) is 0 Å². The first-order valence-corrected chi connectivity index (χ1v) is 12.4. The number of hydrogen-bond donors (Lipinski definition) is 2. The van der Waals surface area contributed by atoms with Gasteiger partial charge in [-0.25, -0.2) is 13.4 Å². The van der Waals surface area contributed by atoms with Crippen LogP contribution in [-0.4, -0.2) is 42.6 Å². The van der Waals surface area contributed by atoms with Crippen molar-refractivity contribution >= 4 is 49.9 Å². The van der Waals surface area contributed by atoms with Gasteiger partial charge in [-0.1, -0.05) is 12.8 Å². The number of rotatable bonds is 7. The van der Waals surface area contributed by atoms with Gasteiger partial charge >= 0.3 is 0 Å². The maximum absolute atomic E-state index is 12.5. The van der Waals surface area contributed by atoms with Crippen LogP contribution >= 0.6 is 11.3 Å². The molecule has 0 radical (unpaired) electrons. The minimum absolute atomic E-state index is 0.0113. The van der Waals surface area contributed by atoms with Crippen LogP contribution in [0.5, 0.6) is 0 Å². The van der Waals surface area contributed by atoms with Crippen molar-refractivity contribution in [3.8, 4) is 0 Å². The molecule has 4 rings (SSSR count). The van der Waals surface area contributed by atoms with Crippen LogP contribution in [0.25, 0.3) is 0 Å². The molecule has 9 nitrogen and oxygen atoms in total. The van der Waals surface area contributed by atoms with Crippen LogP contribution < -0.4 is 10.0 Å². The zero-order chi connectivity index (χ0) is 22.0. The second kappa shape index (κ2) is 8.75. The fourth-order valence-electron chi connectivity index (χ4n) is 4.05. The Morgan fingerprint density at radius 1 is 1.10 bits per heavy atom. The molecule has 0 spiro atoms. The Morgan fingerprint density at radius 2 is 1.74 bits per heavy atom. The van der Waals surface area contributed by atoms with E-state index in [0.717, 1.165) is 25.7 Å². The van der Waals surface area contributed by atoms with Crippen molar-refractivity contribution in [1.29, 1.82) is 0 Å². The molecular formula is C20H22N4O5S2. The zero-order valence-electron chi connectivity index (χ0n) is 16.6. The van der Waals surface area contributed by atoms with Crippen LogP contribution in [0.15, 0.2) is 40.7 Å². The van der Waals surface area contributed by atoms with Gasteiger partial charge in [0.05, 0.1) is 16.7 Å². The van der Waals surface area contributed by atoms with E-state index in [9.17, 15) is 22.8 Å². The number of hydrogen-bond acceptors (Lipinski definition) is 7. The minimum atomic E-state index is -3.77. The molecule has 1 aliphatic carbocycles. The SMILES string of the molecule is O=C(CCN1C(=O)[C@H]2CCCC[C@H]2C1=O)Nc1ccc(S(=O)(=O)Nc2nccs2)cc1. The van der Waals surface area contributed by atoms with Gasteiger partial charge in [0.1, 0.15) is 0 Å². The zero-order valence-corrected chi connectivity index (χ0v) is 18.2. The lowest BCUT2D eigenvalue weighted by atomic mass is 9.81. The van der Waals surface area contributed by atoms with Gasteiger partial charge in [0.15, 0.2) is 5.13 Å². The van der Waals surface area contributed by atoms with E-state index < -0.39 is 10.0 Å². The largest absolute Gasteiger partial charge is 0.326 e. The summed E-state index contributed by atoms with van der Waals surface area (Å²) in [6.07, 6.45) is 4.88. The quantitative estimate of drug-likeness (QED) is 0.609. The molecule has 2 heterocycles. The lowest BCUT2D eigenvalue weighted by Crippen LogP contribution is -2.34. The topological polar surface area (TPSA) is 126 Å². The molecule has 0 unspecified atom stereocenters. The molecule has 2 aromatic rings. The molecule has 1 aromatic heterocycles. The average Bonchev–Trinajstić information content (AvgIpc) is 3.34. The van der Waals surface area contributed by atoms with Gasteiger partial charge in [0.2, 0.25) is 17.7 Å². The number of anilines is 2. The third-order valence-corrected chi connectivity index (χ3v) is 7.77. The molecule has 2 aliphatic rings. The molecule has 2 N–H and O–H groups in total. The highest BCUT2D eigenvalue weighted by atomic mass is 32.2. The van der Waals surface area contributed by atoms with Crippen LogP contribution in [0.4, 0.5) is 10.8 Å². The summed E-state index contributed by atoms with van der Waals surface area (Å²) in [6.45, 7) is 0.0562. The standard InChI is InChI=1S/C20H22N4O5S2/c25-17(9-11-24-18(26)15-3-1-2-4-16(15)19(24)27)22-13-5-7-14(8-6-13)31(28,29)23-20-21-10-12-30-20/h5-8,10,12,15-16H,1-4,9,11H2,(H,21,23)(H,22,25)/t15-,16+. The summed E-state index contributed by atoms with van der Waals surface area (Å²) < 4.78 is 27.1. The first-order chi connectivity index (χ1) is 14.8. The first kappa shape index (κ1) is 21.4. The minimum Gasteiger partial charge on any atom is -0.326 e. The summed E-state index contributed by atoms with van der Waals surface area (Å²) in [7, 11) is -3.77. The van der Waals surface area contributed by atoms with Crippen molar-refractivity contribution in [2.75, 3.05) is 16.6 Å².